The van der Waals surface area contributed by atoms with E-state index in [9.17, 15) is 8.42 Å². The van der Waals surface area contributed by atoms with Crippen molar-refractivity contribution in [3.8, 4) is 0 Å². The summed E-state index contributed by atoms with van der Waals surface area (Å²) in [6.45, 7) is 1.81. The lowest BCUT2D eigenvalue weighted by Crippen LogP contribution is -2.23. The minimum Gasteiger partial charge on any atom is -0.361 e. The van der Waals surface area contributed by atoms with Gasteiger partial charge in [0, 0.05) is 11.1 Å². The van der Waals surface area contributed by atoms with Gasteiger partial charge in [0.05, 0.1) is 17.1 Å². The summed E-state index contributed by atoms with van der Waals surface area (Å²) in [6, 6.07) is 7.72. The van der Waals surface area contributed by atoms with Crippen molar-refractivity contribution in [1.82, 2.24) is 9.88 Å². The summed E-state index contributed by atoms with van der Waals surface area (Å²) in [5.41, 5.74) is 0.526. The lowest BCUT2D eigenvalue weighted by atomic mass is 10.4. The second kappa shape index (κ2) is 5.09. The van der Waals surface area contributed by atoms with E-state index in [1.807, 2.05) is 0 Å². The summed E-state index contributed by atoms with van der Waals surface area (Å²) in [5.74, 6) is 0.631. The number of halogens is 1. The van der Waals surface area contributed by atoms with E-state index >= 15 is 0 Å². The van der Waals surface area contributed by atoms with E-state index in [1.54, 1.807) is 25.1 Å². The molecule has 2 aromatic rings. The van der Waals surface area contributed by atoms with E-state index in [-0.39, 0.29) is 11.4 Å². The first-order valence-corrected chi connectivity index (χ1v) is 7.01. The van der Waals surface area contributed by atoms with Crippen LogP contribution in [0.2, 0.25) is 5.02 Å². The second-order valence-electron chi connectivity index (χ2n) is 3.71. The van der Waals surface area contributed by atoms with Crippen LogP contribution in [-0.4, -0.2) is 13.6 Å². The number of aromatic nitrogens is 1. The fraction of sp³-hybridized carbons (Fsp3) is 0.182. The highest BCUT2D eigenvalue weighted by Gasteiger charge is 2.14. The van der Waals surface area contributed by atoms with Crippen LogP contribution in [0.15, 0.2) is 39.8 Å². The highest BCUT2D eigenvalue weighted by atomic mass is 35.5. The van der Waals surface area contributed by atoms with Crippen LogP contribution in [-0.2, 0) is 16.6 Å². The fourth-order valence-electron chi connectivity index (χ4n) is 1.39. The summed E-state index contributed by atoms with van der Waals surface area (Å²) in [5, 5.41) is 4.07. The third kappa shape index (κ3) is 3.10. The molecule has 0 unspecified atom stereocenters. The van der Waals surface area contributed by atoms with Crippen LogP contribution in [0.25, 0.3) is 0 Å². The van der Waals surface area contributed by atoms with Gasteiger partial charge in [-0.2, -0.15) is 0 Å². The summed E-state index contributed by atoms with van der Waals surface area (Å²) >= 11 is 5.75. The van der Waals surface area contributed by atoms with E-state index in [0.717, 1.165) is 0 Å². The molecule has 0 fully saturated rings. The maximum Gasteiger partial charge on any atom is 0.240 e. The highest BCUT2D eigenvalue weighted by Crippen LogP contribution is 2.15. The number of nitrogens with zero attached hydrogens (tertiary/aromatic N) is 1. The van der Waals surface area contributed by atoms with E-state index < -0.39 is 10.0 Å². The summed E-state index contributed by atoms with van der Waals surface area (Å²) in [4.78, 5) is 0.121. The number of nitrogens with one attached hydrogen (secondary N) is 1. The van der Waals surface area contributed by atoms with Gasteiger partial charge in [0.2, 0.25) is 10.0 Å². The number of aryl methyl sites for hydroxylation is 1. The van der Waals surface area contributed by atoms with Crippen LogP contribution < -0.4 is 4.72 Å². The third-order valence-corrected chi connectivity index (χ3v) is 3.86. The average Bonchev–Trinajstić information content (AvgIpc) is 2.73. The normalized spacial score (nSPS) is 11.7. The van der Waals surface area contributed by atoms with Crippen molar-refractivity contribution in [2.24, 2.45) is 0 Å². The molecule has 0 atom stereocenters. The Morgan fingerprint density at radius 2 is 2.17 bits per heavy atom. The van der Waals surface area contributed by atoms with Crippen molar-refractivity contribution in [3.05, 3.63) is 46.8 Å². The largest absolute Gasteiger partial charge is 0.361 e. The summed E-state index contributed by atoms with van der Waals surface area (Å²) in [6.07, 6.45) is 0. The second-order valence-corrected chi connectivity index (χ2v) is 5.91. The molecular weight excluding hydrogens is 276 g/mol. The molecule has 0 aliphatic carbocycles. The number of sulfonamides is 1. The van der Waals surface area contributed by atoms with Crippen LogP contribution in [0, 0.1) is 6.92 Å². The van der Waals surface area contributed by atoms with Crippen molar-refractivity contribution in [1.29, 1.82) is 0 Å². The number of hydrogen-bond acceptors (Lipinski definition) is 4. The molecule has 1 aromatic heterocycles. The molecule has 1 N–H and O–H groups in total. The predicted octanol–water partition coefficient (Wildman–Crippen LogP) is 2.11. The Morgan fingerprint density at radius 1 is 1.39 bits per heavy atom. The molecule has 5 nitrogen and oxygen atoms in total. The standard InChI is InChI=1S/C11H11ClN2O3S/c1-8-5-10(14-17-8)7-13-18(15,16)11-4-2-3-9(12)6-11/h2-6,13H,7H2,1H3. The number of hydrogen-bond donors (Lipinski definition) is 1. The van der Waals surface area contributed by atoms with Crippen molar-refractivity contribution < 1.29 is 12.9 Å². The lowest BCUT2D eigenvalue weighted by molar-refractivity contribution is 0.390. The first-order chi connectivity index (χ1) is 8.47. The maximum atomic E-state index is 11.9. The highest BCUT2D eigenvalue weighted by molar-refractivity contribution is 7.89. The average molecular weight is 287 g/mol. The molecule has 18 heavy (non-hydrogen) atoms. The molecule has 1 aromatic carbocycles. The minimum absolute atomic E-state index is 0.0756. The van der Waals surface area contributed by atoms with Crippen LogP contribution in [0.3, 0.4) is 0 Å². The lowest BCUT2D eigenvalue weighted by Gasteiger charge is -2.05. The summed E-state index contributed by atoms with van der Waals surface area (Å²) in [7, 11) is -3.59. The van der Waals surface area contributed by atoms with Crippen LogP contribution in [0.1, 0.15) is 11.5 Å². The molecule has 0 radical (unpaired) electrons. The Hall–Kier alpha value is -1.37. The molecule has 0 aliphatic rings. The molecule has 96 valence electrons. The molecule has 2 rings (SSSR count). The van der Waals surface area contributed by atoms with Gasteiger partial charge in [0.1, 0.15) is 5.76 Å². The Kier molecular flexibility index (Phi) is 3.70. The van der Waals surface area contributed by atoms with Crippen molar-refractivity contribution in [2.45, 2.75) is 18.4 Å². The van der Waals surface area contributed by atoms with Gasteiger partial charge in [0.15, 0.2) is 0 Å². The smallest absolute Gasteiger partial charge is 0.240 e. The quantitative estimate of drug-likeness (QED) is 0.934. The van der Waals surface area contributed by atoms with Crippen LogP contribution in [0.5, 0.6) is 0 Å². The topological polar surface area (TPSA) is 72.2 Å². The van der Waals surface area contributed by atoms with Gasteiger partial charge in [-0.05, 0) is 25.1 Å². The maximum absolute atomic E-state index is 11.9. The zero-order valence-corrected chi connectivity index (χ0v) is 11.1. The zero-order valence-electron chi connectivity index (χ0n) is 9.55. The molecule has 0 bridgehead atoms. The van der Waals surface area contributed by atoms with Crippen LogP contribution >= 0.6 is 11.6 Å². The SMILES string of the molecule is Cc1cc(CNS(=O)(=O)c2cccc(Cl)c2)no1. The van der Waals surface area contributed by atoms with Crippen molar-refractivity contribution >= 4 is 21.6 Å². The Labute approximate surface area is 110 Å². The summed E-state index contributed by atoms with van der Waals surface area (Å²) < 4.78 is 31.1. The monoisotopic (exact) mass is 286 g/mol. The first kappa shape index (κ1) is 13.1. The Bertz CT molecular complexity index is 652. The molecule has 7 heteroatoms. The van der Waals surface area contributed by atoms with Gasteiger partial charge in [-0.25, -0.2) is 13.1 Å². The first-order valence-electron chi connectivity index (χ1n) is 5.15. The van der Waals surface area contributed by atoms with Crippen molar-refractivity contribution in [2.75, 3.05) is 0 Å². The van der Waals surface area contributed by atoms with Gasteiger partial charge < -0.3 is 4.52 Å². The zero-order chi connectivity index (χ0) is 13.2. The van der Waals surface area contributed by atoms with Gasteiger partial charge in [0.25, 0.3) is 0 Å². The molecule has 0 amide bonds. The van der Waals surface area contributed by atoms with Gasteiger partial charge in [-0.1, -0.05) is 22.8 Å². The predicted molar refractivity (Wildman–Crippen MR) is 66.7 cm³/mol. The van der Waals surface area contributed by atoms with E-state index in [4.69, 9.17) is 16.1 Å². The molecular formula is C11H11ClN2O3S. The molecule has 0 saturated heterocycles. The van der Waals surface area contributed by atoms with E-state index in [2.05, 4.69) is 9.88 Å². The number of benzene rings is 1. The Balaban J connectivity index is 2.13. The van der Waals surface area contributed by atoms with Crippen molar-refractivity contribution in [3.63, 3.8) is 0 Å². The van der Waals surface area contributed by atoms with Gasteiger partial charge in [-0.15, -0.1) is 0 Å². The number of rotatable bonds is 4. The molecule has 1 heterocycles. The Morgan fingerprint density at radius 3 is 2.78 bits per heavy atom. The fourth-order valence-corrected chi connectivity index (χ4v) is 2.69. The van der Waals surface area contributed by atoms with Crippen LogP contribution in [0.4, 0.5) is 0 Å². The van der Waals surface area contributed by atoms with Gasteiger partial charge >= 0.3 is 0 Å². The van der Waals surface area contributed by atoms with E-state index in [1.165, 1.54) is 12.1 Å². The van der Waals surface area contributed by atoms with Gasteiger partial charge in [-0.3, -0.25) is 0 Å². The van der Waals surface area contributed by atoms with E-state index in [0.29, 0.717) is 16.5 Å². The molecule has 0 saturated carbocycles. The minimum atomic E-state index is -3.59. The molecule has 0 spiro atoms. The molecule has 0 aliphatic heterocycles. The third-order valence-electron chi connectivity index (χ3n) is 2.23.